The molecule has 0 aliphatic carbocycles. The molecule has 0 saturated carbocycles. The highest BCUT2D eigenvalue weighted by atomic mass is 35.6. The van der Waals surface area contributed by atoms with Gasteiger partial charge in [-0.05, 0) is 130 Å². The molecular weight excluding hydrogens is 1280 g/mol. The second-order valence-corrected chi connectivity index (χ2v) is 41.2. The van der Waals surface area contributed by atoms with Crippen LogP contribution in [0.1, 0.15) is 127 Å². The van der Waals surface area contributed by atoms with E-state index in [0.29, 0.717) is 43.7 Å². The maximum absolute atomic E-state index is 14.1. The Bertz CT molecular complexity index is 2660. The Morgan fingerprint density at radius 1 is 0.598 bits per heavy atom. The summed E-state index contributed by atoms with van der Waals surface area (Å²) in [6.45, 7) is 33.7. The summed E-state index contributed by atoms with van der Waals surface area (Å²) in [5, 5.41) is 10.9. The fraction of sp³-hybridized carbons (Fsp3) is 0.678. The first-order chi connectivity index (χ1) is 39.7. The van der Waals surface area contributed by atoms with E-state index < -0.39 is 121 Å². The number of alkyl halides is 6. The van der Waals surface area contributed by atoms with Gasteiger partial charge in [-0.3, -0.25) is 38.8 Å². The van der Waals surface area contributed by atoms with Crippen molar-refractivity contribution in [1.29, 1.82) is 0 Å². The third-order valence-electron chi connectivity index (χ3n) is 15.1. The summed E-state index contributed by atoms with van der Waals surface area (Å²) in [5.41, 5.74) is 12.7. The lowest BCUT2D eigenvalue weighted by atomic mass is 10.0. The number of ether oxygens (including phenoxy) is 3. The Hall–Kier alpha value is -3.82. The van der Waals surface area contributed by atoms with Gasteiger partial charge in [-0.1, -0.05) is 163 Å². The van der Waals surface area contributed by atoms with Gasteiger partial charge in [-0.15, -0.1) is 0 Å². The zero-order valence-corrected chi connectivity index (χ0v) is 60.0. The van der Waals surface area contributed by atoms with Crippen LogP contribution in [0, 0.1) is 11.8 Å². The van der Waals surface area contributed by atoms with Crippen molar-refractivity contribution in [2.75, 3.05) is 26.3 Å². The van der Waals surface area contributed by atoms with Crippen LogP contribution in [0.25, 0.3) is 0 Å². The van der Waals surface area contributed by atoms with Gasteiger partial charge in [-0.2, -0.15) is 0 Å². The molecule has 2 heterocycles. The molecule has 7 N–H and O–H groups in total. The van der Waals surface area contributed by atoms with Gasteiger partial charge in [0.05, 0.1) is 6.04 Å². The Kier molecular flexibility index (Phi) is 28.9. The molecule has 2 aliphatic heterocycles. The SMILES string of the molecule is CC(C)[C@H](N)C(=O)N[C@@H](Cc1cccc(O[Si](C)(C)C(C)(C)C)c1)C(=O)N1CCC[C@@H](C(=O)OCC(Cl)(Cl)Cl)N1.CC(C)[C@H](NC(=O)OC(C)(C)C)C(=O)N[C@@H](Cc1cccc(O[Si](C)(C)C(C)(C)C)c1)C(=O)N1CCC[C@@H](C(=O)OCC(Cl)(Cl)Cl)N1. The van der Waals surface area contributed by atoms with Crippen LogP contribution in [0.3, 0.4) is 0 Å². The van der Waals surface area contributed by atoms with Crippen molar-refractivity contribution < 1.29 is 56.6 Å². The molecule has 5 amide bonds. The van der Waals surface area contributed by atoms with Gasteiger partial charge >= 0.3 is 18.0 Å². The van der Waals surface area contributed by atoms with Crippen LogP contribution in [0.2, 0.25) is 36.3 Å². The molecular formula is C59H94Cl6N8O12Si2. The Morgan fingerprint density at radius 2 is 0.977 bits per heavy atom. The van der Waals surface area contributed by atoms with Crippen LogP contribution in [0.5, 0.6) is 11.5 Å². The third kappa shape index (κ3) is 26.5. The standard InChI is InChI=1S/C32H51Cl3N4O7Si.C27H43Cl3N4O5Si/c1-20(2)25(37-29(43)45-30(3,4)5)26(40)36-24(18-21-13-11-14-22(17-21)46-47(9,10)31(6,7)8)27(41)39-16-12-15-23(38-39)28(42)44-19-32(33,34)35;1-17(2)22(31)23(35)32-21(15-18-10-8-11-19(14-18)39-40(6,7)26(3,4)5)24(36)34-13-9-12-20(33-34)25(37)38-16-27(28,29)30/h11,13-14,17,20,23-25,38H,12,15-16,18-19H2,1-10H3,(H,36,40)(H,37,43);8,10-11,14,17,20-22,33H,9,12-13,15-16,31H2,1-7H3,(H,32,35)/t23-,24-,25-;20-,21-,22-/m00/s1. The molecule has 2 aromatic rings. The van der Waals surface area contributed by atoms with Crippen LogP contribution in [0.15, 0.2) is 48.5 Å². The lowest BCUT2D eigenvalue weighted by Crippen LogP contribution is -2.62. The number of carbonyl (C=O) groups excluding carboxylic acids is 7. The lowest BCUT2D eigenvalue weighted by Gasteiger charge is -2.36. The second kappa shape index (κ2) is 32.5. The molecule has 0 aromatic heterocycles. The minimum atomic E-state index is -2.16. The highest BCUT2D eigenvalue weighted by Crippen LogP contribution is 2.39. The van der Waals surface area contributed by atoms with Gasteiger partial charge in [-0.25, -0.2) is 15.6 Å². The van der Waals surface area contributed by atoms with Crippen molar-refractivity contribution in [1.82, 2.24) is 36.8 Å². The quantitative estimate of drug-likeness (QED) is 0.0294. The highest BCUT2D eigenvalue weighted by Gasteiger charge is 2.42. The van der Waals surface area contributed by atoms with E-state index >= 15 is 0 Å². The molecule has 0 unspecified atom stereocenters. The van der Waals surface area contributed by atoms with E-state index in [4.69, 9.17) is 98.4 Å². The van der Waals surface area contributed by atoms with Gasteiger partial charge < -0.3 is 44.7 Å². The second-order valence-electron chi connectivity index (χ2n) is 26.8. The van der Waals surface area contributed by atoms with Crippen LogP contribution in [-0.4, -0.2) is 144 Å². The number of hydrogen-bond acceptors (Lipinski definition) is 15. The van der Waals surface area contributed by atoms with Crippen molar-refractivity contribution in [3.63, 3.8) is 0 Å². The van der Waals surface area contributed by atoms with E-state index in [0.717, 1.165) is 11.1 Å². The van der Waals surface area contributed by atoms with E-state index in [9.17, 15) is 33.6 Å². The van der Waals surface area contributed by atoms with Crippen molar-refractivity contribution in [2.45, 2.75) is 214 Å². The van der Waals surface area contributed by atoms with Gasteiger partial charge in [0.1, 0.15) is 60.5 Å². The molecule has 492 valence electrons. The number of alkyl carbamates (subject to hydrolysis) is 1. The smallest absolute Gasteiger partial charge is 0.408 e. The predicted octanol–water partition coefficient (Wildman–Crippen LogP) is 10.5. The van der Waals surface area contributed by atoms with Crippen molar-refractivity contribution in [3.05, 3.63) is 59.7 Å². The number of nitrogens with zero attached hydrogens (tertiary/aromatic N) is 2. The molecule has 4 rings (SSSR count). The number of carbonyl (C=O) groups is 7. The summed E-state index contributed by atoms with van der Waals surface area (Å²) < 4.78 is 25.0. The van der Waals surface area contributed by atoms with Gasteiger partial charge in [0.15, 0.2) is 0 Å². The minimum Gasteiger partial charge on any atom is -0.543 e. The molecule has 0 radical (unpaired) electrons. The normalized spacial score (nSPS) is 17.8. The lowest BCUT2D eigenvalue weighted by molar-refractivity contribution is -0.154. The molecule has 20 nitrogen and oxygen atoms in total. The van der Waals surface area contributed by atoms with Crippen LogP contribution in [0.4, 0.5) is 4.79 Å². The summed E-state index contributed by atoms with van der Waals surface area (Å²) in [6, 6.07) is 9.52. The molecule has 28 heteroatoms. The minimum absolute atomic E-state index is 0.0128. The summed E-state index contributed by atoms with van der Waals surface area (Å²) in [6.07, 6.45) is 1.40. The van der Waals surface area contributed by atoms with Crippen LogP contribution >= 0.6 is 69.6 Å². The third-order valence-corrected chi connectivity index (χ3v) is 24.5. The van der Waals surface area contributed by atoms with Gasteiger partial charge in [0, 0.05) is 25.9 Å². The number of nitrogens with two attached hydrogens (primary N) is 1. The molecule has 2 fully saturated rings. The average Bonchev–Trinajstić information content (AvgIpc) is 1.52. The topological polar surface area (TPSA) is 258 Å². The Labute approximate surface area is 547 Å². The van der Waals surface area contributed by atoms with Gasteiger partial charge in [0.2, 0.25) is 36.0 Å². The van der Waals surface area contributed by atoms with Gasteiger partial charge in [0.25, 0.3) is 11.8 Å². The number of hydrazine groups is 2. The summed E-state index contributed by atoms with van der Waals surface area (Å²) in [5.74, 6) is -2.25. The van der Waals surface area contributed by atoms with Crippen LogP contribution < -0.4 is 41.4 Å². The summed E-state index contributed by atoms with van der Waals surface area (Å²) in [7, 11) is -4.25. The molecule has 87 heavy (non-hydrogen) atoms. The Morgan fingerprint density at radius 3 is 1.31 bits per heavy atom. The summed E-state index contributed by atoms with van der Waals surface area (Å²) in [4.78, 5) is 92.3. The maximum Gasteiger partial charge on any atom is 0.408 e. The summed E-state index contributed by atoms with van der Waals surface area (Å²) >= 11 is 34.3. The molecule has 0 spiro atoms. The number of nitrogens with one attached hydrogen (secondary N) is 5. The maximum atomic E-state index is 14.1. The van der Waals surface area contributed by atoms with Crippen molar-refractivity contribution >= 4 is 128 Å². The van der Waals surface area contributed by atoms with E-state index in [1.54, 1.807) is 34.6 Å². The zero-order chi connectivity index (χ0) is 66.4. The van der Waals surface area contributed by atoms with E-state index in [2.05, 4.69) is 94.5 Å². The largest absolute Gasteiger partial charge is 0.543 e. The molecule has 0 bridgehead atoms. The molecule has 6 atom stereocenters. The van der Waals surface area contributed by atoms with E-state index in [1.807, 2.05) is 62.4 Å². The zero-order valence-electron chi connectivity index (χ0n) is 53.4. The van der Waals surface area contributed by atoms with E-state index in [-0.39, 0.29) is 41.3 Å². The predicted molar refractivity (Wildman–Crippen MR) is 349 cm³/mol. The molecule has 2 aliphatic rings. The average molecular weight is 1380 g/mol. The number of amides is 5. The van der Waals surface area contributed by atoms with Crippen LogP contribution in [-0.2, 0) is 55.8 Å². The molecule has 2 saturated heterocycles. The monoisotopic (exact) mass is 1370 g/mol. The Balaban J connectivity index is 0.000000461. The van der Waals surface area contributed by atoms with Crippen molar-refractivity contribution in [3.8, 4) is 11.5 Å². The number of benzene rings is 2. The number of halogens is 6. The van der Waals surface area contributed by atoms with E-state index in [1.165, 1.54) is 10.0 Å². The van der Waals surface area contributed by atoms with Crippen molar-refractivity contribution in [2.24, 2.45) is 17.6 Å². The fourth-order valence-corrected chi connectivity index (χ4v) is 10.5. The fourth-order valence-electron chi connectivity index (χ4n) is 8.15. The number of hydrogen-bond donors (Lipinski definition) is 6. The first kappa shape index (κ1) is 77.4. The molecule has 2 aromatic carbocycles. The number of rotatable bonds is 21. The first-order valence-electron chi connectivity index (χ1n) is 29.2. The number of esters is 2. The highest BCUT2D eigenvalue weighted by molar-refractivity contribution is 6.75. The first-order valence-corrected chi connectivity index (χ1v) is 37.3.